The molecule has 0 unspecified atom stereocenters. The Morgan fingerprint density at radius 1 is 1.33 bits per heavy atom. The molecule has 1 aromatic heterocycles. The number of rotatable bonds is 4. The fraction of sp³-hybridized carbons (Fsp3) is 0.400. The van der Waals surface area contributed by atoms with Crippen molar-refractivity contribution in [3.8, 4) is 11.8 Å². The largest absolute Gasteiger partial charge is 0.349 e. The number of nitrogens with one attached hydrogen (secondary N) is 1. The van der Waals surface area contributed by atoms with Crippen LogP contribution in [0.4, 0.5) is 0 Å². The minimum atomic E-state index is 0.0103. The summed E-state index contributed by atoms with van der Waals surface area (Å²) in [5.74, 6) is 7.63. The summed E-state index contributed by atoms with van der Waals surface area (Å²) in [5.41, 5.74) is 1.64. The smallest absolute Gasteiger partial charge is 0.251 e. The fourth-order valence-electron chi connectivity index (χ4n) is 3.12. The Morgan fingerprint density at radius 2 is 2.21 bits per heavy atom. The Balaban J connectivity index is 1.29. The maximum Gasteiger partial charge on any atom is 0.251 e. The molecule has 4 heteroatoms. The Labute approximate surface area is 142 Å². The van der Waals surface area contributed by atoms with Gasteiger partial charge in [-0.1, -0.05) is 17.9 Å². The van der Waals surface area contributed by atoms with Crippen molar-refractivity contribution >= 4 is 5.91 Å². The molecular formula is C20H21N3O. The number of amides is 1. The Bertz CT molecular complexity index is 775. The van der Waals surface area contributed by atoms with Gasteiger partial charge in [0.2, 0.25) is 0 Å². The van der Waals surface area contributed by atoms with Crippen LogP contribution in [0.25, 0.3) is 0 Å². The first kappa shape index (κ1) is 15.0. The number of carbonyl (C=O) groups is 1. The van der Waals surface area contributed by atoms with Crippen molar-refractivity contribution in [1.82, 2.24) is 14.9 Å². The van der Waals surface area contributed by atoms with Crippen LogP contribution in [-0.4, -0.2) is 21.5 Å². The first-order valence-corrected chi connectivity index (χ1v) is 8.64. The van der Waals surface area contributed by atoms with Gasteiger partial charge in [-0.3, -0.25) is 4.79 Å². The van der Waals surface area contributed by atoms with Gasteiger partial charge in [0, 0.05) is 42.0 Å². The average Bonchev–Trinajstić information content (AvgIpc) is 3.26. The summed E-state index contributed by atoms with van der Waals surface area (Å²) in [7, 11) is 0. The van der Waals surface area contributed by atoms with Gasteiger partial charge < -0.3 is 9.88 Å². The maximum absolute atomic E-state index is 12.4. The zero-order valence-electron chi connectivity index (χ0n) is 13.6. The highest BCUT2D eigenvalue weighted by atomic mass is 16.1. The van der Waals surface area contributed by atoms with Crippen LogP contribution in [0, 0.1) is 23.7 Å². The number of hydrogen-bond donors (Lipinski definition) is 1. The van der Waals surface area contributed by atoms with E-state index in [1.54, 1.807) is 6.20 Å². The van der Waals surface area contributed by atoms with Crippen LogP contribution in [-0.2, 0) is 6.54 Å². The molecule has 1 N–H and O–H groups in total. The molecular weight excluding hydrogens is 298 g/mol. The van der Waals surface area contributed by atoms with Crippen molar-refractivity contribution in [3.05, 3.63) is 54.1 Å². The van der Waals surface area contributed by atoms with Crippen molar-refractivity contribution < 1.29 is 4.79 Å². The Morgan fingerprint density at radius 3 is 2.96 bits per heavy atom. The van der Waals surface area contributed by atoms with Crippen LogP contribution >= 0.6 is 0 Å². The van der Waals surface area contributed by atoms with E-state index in [-0.39, 0.29) is 11.9 Å². The van der Waals surface area contributed by atoms with Crippen molar-refractivity contribution in [3.63, 3.8) is 0 Å². The van der Waals surface area contributed by atoms with E-state index in [1.807, 2.05) is 36.8 Å². The molecule has 1 amide bonds. The molecule has 0 aliphatic heterocycles. The van der Waals surface area contributed by atoms with Gasteiger partial charge in [-0.15, -0.1) is 0 Å². The molecule has 2 fully saturated rings. The molecule has 0 saturated heterocycles. The minimum absolute atomic E-state index is 0.0103. The molecule has 2 saturated carbocycles. The fourth-order valence-corrected chi connectivity index (χ4v) is 3.12. The van der Waals surface area contributed by atoms with Crippen LogP contribution < -0.4 is 5.32 Å². The monoisotopic (exact) mass is 319 g/mol. The molecule has 4 nitrogen and oxygen atoms in total. The first-order chi connectivity index (χ1) is 11.8. The second-order valence-electron chi connectivity index (χ2n) is 6.89. The zero-order chi connectivity index (χ0) is 16.4. The standard InChI is InChI=1S/C20H21N3O/c24-20(18-3-1-2-16(10-18)7-6-15-4-5-15)22-19-11-17(12-19)13-23-9-8-21-14-23/h1-3,8-10,14-15,17,19H,4-5,11-13H2,(H,22,24). The molecule has 24 heavy (non-hydrogen) atoms. The summed E-state index contributed by atoms with van der Waals surface area (Å²) < 4.78 is 2.10. The Kier molecular flexibility index (Phi) is 4.08. The lowest BCUT2D eigenvalue weighted by molar-refractivity contribution is 0.0881. The van der Waals surface area contributed by atoms with Gasteiger partial charge >= 0.3 is 0 Å². The molecule has 2 aromatic rings. The first-order valence-electron chi connectivity index (χ1n) is 8.64. The van der Waals surface area contributed by atoms with Gasteiger partial charge in [0.25, 0.3) is 5.91 Å². The highest BCUT2D eigenvalue weighted by Gasteiger charge is 2.30. The van der Waals surface area contributed by atoms with Crippen molar-refractivity contribution in [1.29, 1.82) is 0 Å². The number of aromatic nitrogens is 2. The molecule has 2 aliphatic rings. The number of nitrogens with zero attached hydrogens (tertiary/aromatic N) is 2. The summed E-state index contributed by atoms with van der Waals surface area (Å²) >= 11 is 0. The van der Waals surface area contributed by atoms with Crippen LogP contribution in [0.2, 0.25) is 0 Å². The van der Waals surface area contributed by atoms with E-state index in [4.69, 9.17) is 0 Å². The van der Waals surface area contributed by atoms with E-state index in [1.165, 1.54) is 12.8 Å². The molecule has 4 rings (SSSR count). The average molecular weight is 319 g/mol. The molecule has 0 radical (unpaired) electrons. The van der Waals surface area contributed by atoms with Gasteiger partial charge in [0.1, 0.15) is 0 Å². The topological polar surface area (TPSA) is 46.9 Å². The normalized spacial score (nSPS) is 22.2. The van der Waals surface area contributed by atoms with Gasteiger partial charge in [-0.25, -0.2) is 4.98 Å². The SMILES string of the molecule is O=C(NC1CC(Cn2ccnc2)C1)c1cccc(C#CC2CC2)c1. The van der Waals surface area contributed by atoms with E-state index < -0.39 is 0 Å². The summed E-state index contributed by atoms with van der Waals surface area (Å²) in [4.78, 5) is 16.5. The summed E-state index contributed by atoms with van der Waals surface area (Å²) in [6.07, 6.45) is 10.1. The molecule has 0 bridgehead atoms. The van der Waals surface area contributed by atoms with Crippen LogP contribution in [0.3, 0.4) is 0 Å². The predicted octanol–water partition coefficient (Wildman–Crippen LogP) is 2.85. The minimum Gasteiger partial charge on any atom is -0.349 e. The third-order valence-corrected chi connectivity index (χ3v) is 4.72. The second kappa shape index (κ2) is 6.52. The lowest BCUT2D eigenvalue weighted by Gasteiger charge is -2.36. The van der Waals surface area contributed by atoms with Crippen molar-refractivity contribution in [2.75, 3.05) is 0 Å². The van der Waals surface area contributed by atoms with E-state index in [9.17, 15) is 4.79 Å². The summed E-state index contributed by atoms with van der Waals surface area (Å²) in [6, 6.07) is 7.92. The summed E-state index contributed by atoms with van der Waals surface area (Å²) in [6.45, 7) is 0.985. The molecule has 0 atom stereocenters. The number of benzene rings is 1. The lowest BCUT2D eigenvalue weighted by atomic mass is 9.80. The molecule has 122 valence electrons. The highest BCUT2D eigenvalue weighted by molar-refractivity contribution is 5.94. The highest BCUT2D eigenvalue weighted by Crippen LogP contribution is 2.29. The van der Waals surface area contributed by atoms with Crippen molar-refractivity contribution in [2.45, 2.75) is 38.3 Å². The maximum atomic E-state index is 12.4. The van der Waals surface area contributed by atoms with E-state index >= 15 is 0 Å². The van der Waals surface area contributed by atoms with Crippen LogP contribution in [0.5, 0.6) is 0 Å². The zero-order valence-corrected chi connectivity index (χ0v) is 13.6. The molecule has 2 aliphatic carbocycles. The third-order valence-electron chi connectivity index (χ3n) is 4.72. The third kappa shape index (κ3) is 3.68. The Hall–Kier alpha value is -2.54. The number of imidazole rings is 1. The van der Waals surface area contributed by atoms with Gasteiger partial charge in [0.05, 0.1) is 6.33 Å². The van der Waals surface area contributed by atoms with Gasteiger partial charge in [-0.05, 0) is 49.8 Å². The van der Waals surface area contributed by atoms with E-state index in [0.29, 0.717) is 17.4 Å². The van der Waals surface area contributed by atoms with Crippen LogP contribution in [0.15, 0.2) is 43.0 Å². The van der Waals surface area contributed by atoms with Crippen LogP contribution in [0.1, 0.15) is 41.6 Å². The van der Waals surface area contributed by atoms with Gasteiger partial charge in [-0.2, -0.15) is 0 Å². The van der Waals surface area contributed by atoms with Gasteiger partial charge in [0.15, 0.2) is 0 Å². The molecule has 1 aromatic carbocycles. The van der Waals surface area contributed by atoms with E-state index in [0.717, 1.165) is 24.9 Å². The lowest BCUT2D eigenvalue weighted by Crippen LogP contribution is -2.45. The molecule has 0 spiro atoms. The van der Waals surface area contributed by atoms with E-state index in [2.05, 4.69) is 26.7 Å². The number of carbonyl (C=O) groups excluding carboxylic acids is 1. The summed E-state index contributed by atoms with van der Waals surface area (Å²) in [5, 5.41) is 3.13. The quantitative estimate of drug-likeness (QED) is 0.881. The predicted molar refractivity (Wildman–Crippen MR) is 92.2 cm³/mol. The second-order valence-corrected chi connectivity index (χ2v) is 6.89. The molecule has 1 heterocycles. The number of hydrogen-bond acceptors (Lipinski definition) is 2. The van der Waals surface area contributed by atoms with Crippen molar-refractivity contribution in [2.24, 2.45) is 11.8 Å².